The highest BCUT2D eigenvalue weighted by Crippen LogP contribution is 2.16. The number of benzene rings is 1. The summed E-state index contributed by atoms with van der Waals surface area (Å²) in [7, 11) is 0. The molecule has 0 saturated carbocycles. The zero-order chi connectivity index (χ0) is 11.0. The van der Waals surface area contributed by atoms with Gasteiger partial charge in [-0.25, -0.2) is 0 Å². The average molecular weight is 211 g/mol. The second-order valence-electron chi connectivity index (χ2n) is 3.53. The van der Waals surface area contributed by atoms with Crippen LogP contribution in [0.4, 0.5) is 0 Å². The summed E-state index contributed by atoms with van der Waals surface area (Å²) < 4.78 is 1.86. The van der Waals surface area contributed by atoms with Crippen molar-refractivity contribution < 1.29 is 0 Å². The molecule has 0 bridgehead atoms. The number of pyridine rings is 1. The van der Waals surface area contributed by atoms with Gasteiger partial charge in [-0.1, -0.05) is 30.3 Å². The molecular formula is C12H9N3O. The van der Waals surface area contributed by atoms with E-state index in [4.69, 9.17) is 0 Å². The van der Waals surface area contributed by atoms with Crippen molar-refractivity contribution in [2.75, 3.05) is 0 Å². The second-order valence-corrected chi connectivity index (χ2v) is 3.53. The van der Waals surface area contributed by atoms with E-state index in [0.717, 1.165) is 11.4 Å². The third kappa shape index (κ3) is 1.32. The highest BCUT2D eigenvalue weighted by Gasteiger charge is 2.05. The van der Waals surface area contributed by atoms with Crippen molar-refractivity contribution in [3.63, 3.8) is 0 Å². The molecule has 1 N–H and O–H groups in total. The molecule has 3 aromatic rings. The minimum Gasteiger partial charge on any atom is -0.290 e. The molecule has 0 aliphatic rings. The van der Waals surface area contributed by atoms with Gasteiger partial charge in [0, 0.05) is 23.9 Å². The van der Waals surface area contributed by atoms with Crippen molar-refractivity contribution in [1.82, 2.24) is 14.6 Å². The number of rotatable bonds is 1. The summed E-state index contributed by atoms with van der Waals surface area (Å²) in [4.78, 5) is 11.2. The maximum atomic E-state index is 11.2. The van der Waals surface area contributed by atoms with E-state index >= 15 is 0 Å². The van der Waals surface area contributed by atoms with Crippen LogP contribution >= 0.6 is 0 Å². The van der Waals surface area contributed by atoms with Crippen molar-refractivity contribution in [3.05, 3.63) is 58.9 Å². The van der Waals surface area contributed by atoms with Crippen LogP contribution in [-0.2, 0) is 0 Å². The molecule has 4 nitrogen and oxygen atoms in total. The third-order valence-electron chi connectivity index (χ3n) is 2.46. The lowest BCUT2D eigenvalue weighted by molar-refractivity contribution is 1.11. The lowest BCUT2D eigenvalue weighted by atomic mass is 10.2. The van der Waals surface area contributed by atoms with Gasteiger partial charge in [-0.05, 0) is 0 Å². The van der Waals surface area contributed by atoms with E-state index in [1.807, 2.05) is 34.7 Å². The minimum absolute atomic E-state index is 0.0248. The molecule has 0 spiro atoms. The van der Waals surface area contributed by atoms with Crippen LogP contribution in [0.15, 0.2) is 53.5 Å². The number of H-pyrrole nitrogens is 1. The molecule has 0 unspecified atom stereocenters. The van der Waals surface area contributed by atoms with Gasteiger partial charge >= 0.3 is 0 Å². The first-order valence-electron chi connectivity index (χ1n) is 4.97. The predicted octanol–water partition coefficient (Wildman–Crippen LogP) is 1.69. The monoisotopic (exact) mass is 211 g/mol. The van der Waals surface area contributed by atoms with E-state index in [9.17, 15) is 4.79 Å². The molecule has 0 aliphatic carbocycles. The van der Waals surface area contributed by atoms with Gasteiger partial charge in [-0.3, -0.25) is 14.3 Å². The molecule has 2 aromatic heterocycles. The van der Waals surface area contributed by atoms with Crippen LogP contribution in [0.3, 0.4) is 0 Å². The van der Waals surface area contributed by atoms with Gasteiger partial charge < -0.3 is 0 Å². The maximum Gasteiger partial charge on any atom is 0.183 e. The summed E-state index contributed by atoms with van der Waals surface area (Å²) in [6, 6.07) is 12.9. The van der Waals surface area contributed by atoms with E-state index < -0.39 is 0 Å². The molecule has 0 radical (unpaired) electrons. The van der Waals surface area contributed by atoms with Crippen LogP contribution in [0.2, 0.25) is 0 Å². The van der Waals surface area contributed by atoms with Crippen LogP contribution < -0.4 is 5.43 Å². The topological polar surface area (TPSA) is 50.2 Å². The summed E-state index contributed by atoms with van der Waals surface area (Å²) in [5.74, 6) is 0.801. The Morgan fingerprint density at radius 1 is 1.12 bits per heavy atom. The molecule has 0 saturated heterocycles. The van der Waals surface area contributed by atoms with Gasteiger partial charge in [0.1, 0.15) is 5.65 Å². The molecular weight excluding hydrogens is 202 g/mol. The molecule has 0 fully saturated rings. The first kappa shape index (κ1) is 8.91. The Morgan fingerprint density at radius 3 is 2.75 bits per heavy atom. The minimum atomic E-state index is -0.0248. The summed E-state index contributed by atoms with van der Waals surface area (Å²) in [6.07, 6.45) is 1.73. The van der Waals surface area contributed by atoms with Crippen molar-refractivity contribution in [1.29, 1.82) is 0 Å². The number of aromatic nitrogens is 3. The fourth-order valence-corrected chi connectivity index (χ4v) is 1.71. The molecule has 1 aromatic carbocycles. The summed E-state index contributed by atoms with van der Waals surface area (Å²) >= 11 is 0. The Labute approximate surface area is 91.2 Å². The van der Waals surface area contributed by atoms with Gasteiger partial charge in [0.15, 0.2) is 11.3 Å². The third-order valence-corrected chi connectivity index (χ3v) is 2.46. The van der Waals surface area contributed by atoms with E-state index in [2.05, 4.69) is 10.2 Å². The normalized spacial score (nSPS) is 10.8. The first-order chi connectivity index (χ1) is 7.84. The Morgan fingerprint density at radius 2 is 1.94 bits per heavy atom. The molecule has 16 heavy (non-hydrogen) atoms. The molecule has 0 aliphatic heterocycles. The number of nitrogens with one attached hydrogen (secondary N) is 1. The van der Waals surface area contributed by atoms with Crippen LogP contribution in [-0.4, -0.2) is 14.6 Å². The fourth-order valence-electron chi connectivity index (χ4n) is 1.71. The van der Waals surface area contributed by atoms with Crippen molar-refractivity contribution in [2.45, 2.75) is 0 Å². The maximum absolute atomic E-state index is 11.2. The molecule has 0 amide bonds. The quantitative estimate of drug-likeness (QED) is 0.665. The number of nitrogens with zero attached hydrogens (tertiary/aromatic N) is 2. The summed E-state index contributed by atoms with van der Waals surface area (Å²) in [6.45, 7) is 0. The van der Waals surface area contributed by atoms with E-state index in [-0.39, 0.29) is 5.43 Å². The fraction of sp³-hybridized carbons (Fsp3) is 0. The molecule has 2 heterocycles. The molecule has 0 atom stereocenters. The van der Waals surface area contributed by atoms with E-state index in [0.29, 0.717) is 5.65 Å². The Kier molecular flexibility index (Phi) is 1.86. The van der Waals surface area contributed by atoms with Crippen molar-refractivity contribution >= 4 is 5.65 Å². The van der Waals surface area contributed by atoms with E-state index in [1.54, 1.807) is 6.20 Å². The molecule has 3 rings (SSSR count). The molecule has 78 valence electrons. The van der Waals surface area contributed by atoms with Gasteiger partial charge in [-0.15, -0.1) is 0 Å². The second kappa shape index (κ2) is 3.34. The highest BCUT2D eigenvalue weighted by atomic mass is 16.1. The number of hydrogen-bond donors (Lipinski definition) is 1. The predicted molar refractivity (Wildman–Crippen MR) is 61.2 cm³/mol. The lowest BCUT2D eigenvalue weighted by Gasteiger charge is -1.98. The van der Waals surface area contributed by atoms with Crippen molar-refractivity contribution in [2.24, 2.45) is 0 Å². The first-order valence-corrected chi connectivity index (χ1v) is 4.97. The smallest absolute Gasteiger partial charge is 0.183 e. The van der Waals surface area contributed by atoms with Gasteiger partial charge in [0.2, 0.25) is 0 Å². The van der Waals surface area contributed by atoms with Gasteiger partial charge in [-0.2, -0.15) is 5.10 Å². The number of fused-ring (bicyclic) bond motifs is 1. The van der Waals surface area contributed by atoms with Crippen LogP contribution in [0, 0.1) is 0 Å². The highest BCUT2D eigenvalue weighted by molar-refractivity contribution is 5.58. The Bertz CT molecular complexity index is 682. The number of hydrogen-bond acceptors (Lipinski definition) is 2. The van der Waals surface area contributed by atoms with E-state index in [1.165, 1.54) is 12.1 Å². The average Bonchev–Trinajstić information content (AvgIpc) is 2.73. The standard InChI is InChI=1S/C12H9N3O/c16-10-6-7-15-11(8-10)13-14-12(15)9-4-2-1-3-5-9/h1-8,13H. The van der Waals surface area contributed by atoms with Crippen molar-refractivity contribution in [3.8, 4) is 11.4 Å². The summed E-state index contributed by atoms with van der Waals surface area (Å²) in [5, 5.41) is 7.05. The largest absolute Gasteiger partial charge is 0.290 e. The SMILES string of the molecule is O=c1ccn2c(-c3ccccc3)n[nH]c2c1. The zero-order valence-corrected chi connectivity index (χ0v) is 8.42. The van der Waals surface area contributed by atoms with Crippen LogP contribution in [0.25, 0.3) is 17.0 Å². The van der Waals surface area contributed by atoms with Crippen LogP contribution in [0.5, 0.6) is 0 Å². The zero-order valence-electron chi connectivity index (χ0n) is 8.42. The van der Waals surface area contributed by atoms with Gasteiger partial charge in [0.05, 0.1) is 0 Å². The molecule has 4 heteroatoms. The Balaban J connectivity index is 2.30. The lowest BCUT2D eigenvalue weighted by Crippen LogP contribution is -1.99. The summed E-state index contributed by atoms with van der Waals surface area (Å²) in [5.41, 5.74) is 1.69. The Hall–Kier alpha value is -2.36. The number of aromatic amines is 1. The van der Waals surface area contributed by atoms with Gasteiger partial charge in [0.25, 0.3) is 0 Å². The van der Waals surface area contributed by atoms with Crippen LogP contribution in [0.1, 0.15) is 0 Å².